The van der Waals surface area contributed by atoms with Crippen LogP contribution in [0.25, 0.3) is 0 Å². The SMILES string of the molecule is CC(C)CCCCCCCCCC[C@@H]1CC(=O)N[C@H](CCC(=O)O)C(=O)N[C@H](CC(C)C)C(=O)N[C@@H](CC(C)C)C(=O)N[C@@H](CC(C)C)C(=O)N[C@@H](CC(=O)O)C(=O)N[C@@H](CC(C)C)C(=O)N[C@H](C(C)C)C(=O)O1. The Morgan fingerprint density at radius 3 is 1.19 bits per heavy atom. The normalized spacial score (nSPS) is 23.9. The van der Waals surface area contributed by atoms with Gasteiger partial charge in [0.15, 0.2) is 0 Å². The molecule has 0 aromatic rings. The highest BCUT2D eigenvalue weighted by molar-refractivity contribution is 5.98. The molecule has 1 fully saturated rings. The van der Waals surface area contributed by atoms with Gasteiger partial charge in [-0.2, -0.15) is 0 Å². The minimum absolute atomic E-state index is 0.0293. The number of carbonyl (C=O) groups excluding carboxylic acids is 8. The van der Waals surface area contributed by atoms with E-state index < -0.39 is 133 Å². The lowest BCUT2D eigenvalue weighted by Crippen LogP contribution is -2.60. The fraction of sp³-hybridized carbons (Fsp3) is 0.815. The molecule has 20 nitrogen and oxygen atoms in total. The Balaban J connectivity index is 3.92. The zero-order valence-electron chi connectivity index (χ0n) is 46.7. The molecule has 0 bridgehead atoms. The van der Waals surface area contributed by atoms with E-state index in [4.69, 9.17) is 4.74 Å². The van der Waals surface area contributed by atoms with Gasteiger partial charge < -0.3 is 52.2 Å². The summed E-state index contributed by atoms with van der Waals surface area (Å²) < 4.78 is 6.02. The molecular weight excluding hydrogens is 955 g/mol. The van der Waals surface area contributed by atoms with E-state index in [1.807, 2.05) is 13.8 Å². The number of hydrogen-bond donors (Lipinski definition) is 9. The number of nitrogens with one attached hydrogen (secondary N) is 7. The molecule has 0 aromatic heterocycles. The molecule has 1 rings (SSSR count). The molecule has 74 heavy (non-hydrogen) atoms. The Morgan fingerprint density at radius 2 is 0.811 bits per heavy atom. The van der Waals surface area contributed by atoms with Gasteiger partial charge in [-0.25, -0.2) is 4.79 Å². The summed E-state index contributed by atoms with van der Waals surface area (Å²) in [6.45, 7) is 22.1. The summed E-state index contributed by atoms with van der Waals surface area (Å²) in [6.07, 6.45) is 6.21. The molecule has 20 heteroatoms. The highest BCUT2D eigenvalue weighted by atomic mass is 16.5. The van der Waals surface area contributed by atoms with E-state index in [-0.39, 0.29) is 62.2 Å². The number of amides is 7. The van der Waals surface area contributed by atoms with Crippen LogP contribution >= 0.6 is 0 Å². The van der Waals surface area contributed by atoms with Crippen LogP contribution in [-0.2, 0) is 52.7 Å². The number of esters is 1. The topological polar surface area (TPSA) is 305 Å². The second kappa shape index (κ2) is 35.0. The van der Waals surface area contributed by atoms with Gasteiger partial charge in [-0.15, -0.1) is 0 Å². The van der Waals surface area contributed by atoms with E-state index >= 15 is 0 Å². The van der Waals surface area contributed by atoms with Gasteiger partial charge in [0.1, 0.15) is 48.4 Å². The van der Waals surface area contributed by atoms with Crippen LogP contribution in [0, 0.1) is 35.5 Å². The van der Waals surface area contributed by atoms with E-state index in [2.05, 4.69) is 51.1 Å². The van der Waals surface area contributed by atoms with Crippen LogP contribution in [0.3, 0.4) is 0 Å². The Morgan fingerprint density at radius 1 is 0.446 bits per heavy atom. The number of aliphatic carboxylic acids is 2. The molecule has 7 amide bonds. The molecule has 8 atom stereocenters. The summed E-state index contributed by atoms with van der Waals surface area (Å²) in [7, 11) is 0. The average molecular weight is 1050 g/mol. The molecule has 0 aromatic carbocycles. The largest absolute Gasteiger partial charge is 0.481 e. The molecule has 9 N–H and O–H groups in total. The summed E-state index contributed by atoms with van der Waals surface area (Å²) in [5, 5.41) is 38.0. The lowest BCUT2D eigenvalue weighted by atomic mass is 9.98. The smallest absolute Gasteiger partial charge is 0.329 e. The minimum Gasteiger partial charge on any atom is -0.481 e. The Labute approximate surface area is 440 Å². The third kappa shape index (κ3) is 28.4. The summed E-state index contributed by atoms with van der Waals surface area (Å²) in [5.41, 5.74) is 0. The third-order valence-corrected chi connectivity index (χ3v) is 12.6. The van der Waals surface area contributed by atoms with Gasteiger partial charge >= 0.3 is 17.9 Å². The van der Waals surface area contributed by atoms with Crippen molar-refractivity contribution in [2.45, 2.75) is 247 Å². The molecular formula is C54H95N7O13. The van der Waals surface area contributed by atoms with Crippen molar-refractivity contribution in [2.75, 3.05) is 0 Å². The number of rotatable bonds is 25. The first-order chi connectivity index (χ1) is 34.6. The highest BCUT2D eigenvalue weighted by Gasteiger charge is 2.37. The summed E-state index contributed by atoms with van der Waals surface area (Å²) in [4.78, 5) is 137. The number of hydrogen-bond acceptors (Lipinski definition) is 11. The van der Waals surface area contributed by atoms with Crippen molar-refractivity contribution in [1.29, 1.82) is 0 Å². The maximum absolute atomic E-state index is 14.2. The maximum Gasteiger partial charge on any atom is 0.329 e. The summed E-state index contributed by atoms with van der Waals surface area (Å²) in [6, 6.07) is -9.64. The van der Waals surface area contributed by atoms with E-state index in [9.17, 15) is 58.2 Å². The van der Waals surface area contributed by atoms with Gasteiger partial charge in [-0.3, -0.25) is 43.2 Å². The monoisotopic (exact) mass is 1050 g/mol. The van der Waals surface area contributed by atoms with Crippen molar-refractivity contribution >= 4 is 59.3 Å². The Bertz CT molecular complexity index is 1820. The Hall–Kier alpha value is -5.30. The predicted octanol–water partition coefficient (Wildman–Crippen LogP) is 5.43. The molecule has 1 saturated heterocycles. The van der Waals surface area contributed by atoms with Gasteiger partial charge in [-0.1, -0.05) is 134 Å². The molecule has 0 aliphatic carbocycles. The molecule has 0 unspecified atom stereocenters. The van der Waals surface area contributed by atoms with Crippen molar-refractivity contribution < 1.29 is 62.9 Å². The second-order valence-electron chi connectivity index (χ2n) is 22.8. The number of unbranched alkanes of at least 4 members (excludes halogenated alkanes) is 7. The van der Waals surface area contributed by atoms with Gasteiger partial charge in [0, 0.05) is 6.42 Å². The first-order valence-electron chi connectivity index (χ1n) is 27.3. The van der Waals surface area contributed by atoms with Crippen LogP contribution in [0.1, 0.15) is 199 Å². The molecule has 1 aliphatic heterocycles. The van der Waals surface area contributed by atoms with Crippen LogP contribution in [0.15, 0.2) is 0 Å². The Kier molecular flexibility index (Phi) is 31.6. The zero-order chi connectivity index (χ0) is 56.2. The number of ether oxygens (including phenoxy) is 1. The molecule has 424 valence electrons. The van der Waals surface area contributed by atoms with Gasteiger partial charge in [0.25, 0.3) is 0 Å². The molecule has 0 radical (unpaired) electrons. The van der Waals surface area contributed by atoms with Gasteiger partial charge in [0.05, 0.1) is 12.8 Å². The van der Waals surface area contributed by atoms with Crippen LogP contribution < -0.4 is 37.2 Å². The van der Waals surface area contributed by atoms with Crippen LogP contribution in [0.4, 0.5) is 0 Å². The molecule has 1 aliphatic rings. The van der Waals surface area contributed by atoms with E-state index in [1.54, 1.807) is 55.4 Å². The fourth-order valence-corrected chi connectivity index (χ4v) is 8.73. The van der Waals surface area contributed by atoms with Crippen molar-refractivity contribution in [2.24, 2.45) is 35.5 Å². The first kappa shape index (κ1) is 66.7. The van der Waals surface area contributed by atoms with Crippen molar-refractivity contribution in [3.63, 3.8) is 0 Å². The van der Waals surface area contributed by atoms with Crippen LogP contribution in [-0.4, -0.2) is 118 Å². The van der Waals surface area contributed by atoms with Crippen LogP contribution in [0.2, 0.25) is 0 Å². The van der Waals surface area contributed by atoms with Crippen molar-refractivity contribution in [3.8, 4) is 0 Å². The number of carboxylic acid groups (broad SMARTS) is 2. The average Bonchev–Trinajstić information content (AvgIpc) is 3.27. The third-order valence-electron chi connectivity index (χ3n) is 12.6. The summed E-state index contributed by atoms with van der Waals surface area (Å²) >= 11 is 0. The lowest BCUT2D eigenvalue weighted by Gasteiger charge is -2.29. The standard InChI is InChI=1S/C54H95N7O13/c1-31(2)21-19-17-15-13-14-16-18-20-22-37-29-44(62)55-38(23-24-45(63)64)48(67)56-39(25-32(3)4)49(68)57-40(26-33(5)6)50(69)58-41(27-34(7)8)51(70)60-43(30-46(65)66)52(71)59-42(28-35(9)10)53(72)61-47(36(11)12)54(73)74-37/h31-43,47H,13-30H2,1-12H3,(H,55,62)(H,56,67)(H,57,68)(H,58,69)(H,59,71)(H,60,70)(H,61,72)(H,63,64)(H,65,66)/t37-,38-,39-,40+,41+,42+,43+,47-/m1/s1. The molecule has 0 saturated carbocycles. The van der Waals surface area contributed by atoms with Gasteiger partial charge in [0.2, 0.25) is 41.4 Å². The summed E-state index contributed by atoms with van der Waals surface area (Å²) in [5.74, 6) is -10.1. The van der Waals surface area contributed by atoms with Gasteiger partial charge in [-0.05, 0) is 80.5 Å². The number of carbonyl (C=O) groups is 10. The lowest BCUT2D eigenvalue weighted by molar-refractivity contribution is -0.156. The maximum atomic E-state index is 14.2. The zero-order valence-corrected chi connectivity index (χ0v) is 46.7. The van der Waals surface area contributed by atoms with Crippen LogP contribution in [0.5, 0.6) is 0 Å². The van der Waals surface area contributed by atoms with Crippen molar-refractivity contribution in [1.82, 2.24) is 37.2 Å². The molecule has 1 heterocycles. The highest BCUT2D eigenvalue weighted by Crippen LogP contribution is 2.19. The van der Waals surface area contributed by atoms with Crippen molar-refractivity contribution in [3.05, 3.63) is 0 Å². The number of cyclic esters (lactones) is 1. The van der Waals surface area contributed by atoms with E-state index in [0.717, 1.165) is 32.1 Å². The molecule has 0 spiro atoms. The first-order valence-corrected chi connectivity index (χ1v) is 27.3. The second-order valence-corrected chi connectivity index (χ2v) is 22.8. The quantitative estimate of drug-likeness (QED) is 0.0408. The minimum atomic E-state index is -1.72. The fourth-order valence-electron chi connectivity index (χ4n) is 8.73. The van der Waals surface area contributed by atoms with E-state index in [0.29, 0.717) is 12.3 Å². The predicted molar refractivity (Wildman–Crippen MR) is 281 cm³/mol. The number of carboxylic acids is 2. The van der Waals surface area contributed by atoms with E-state index in [1.165, 1.54) is 19.3 Å².